The van der Waals surface area contributed by atoms with Crippen molar-refractivity contribution in [3.8, 4) is 17.2 Å². The number of amides is 3. The van der Waals surface area contributed by atoms with Crippen LogP contribution in [0.25, 0.3) is 5.69 Å². The van der Waals surface area contributed by atoms with Gasteiger partial charge in [0, 0.05) is 43.3 Å². The Morgan fingerprint density at radius 3 is 2.47 bits per heavy atom. The van der Waals surface area contributed by atoms with Crippen LogP contribution in [0.4, 0.5) is 20.7 Å². The third-order valence-corrected chi connectivity index (χ3v) is 5.87. The zero-order valence-electron chi connectivity index (χ0n) is 20.1. The number of carbonyl (C=O) groups is 2. The zero-order chi connectivity index (χ0) is 26.5. The molecule has 2 aromatic carbocycles. The van der Waals surface area contributed by atoms with E-state index in [1.165, 1.54) is 42.7 Å². The molecule has 0 aliphatic carbocycles. The molecule has 3 heterocycles. The first kappa shape index (κ1) is 24.6. The number of hydrogen-bond donors (Lipinski definition) is 2. The van der Waals surface area contributed by atoms with Crippen molar-refractivity contribution in [2.75, 3.05) is 23.7 Å². The lowest BCUT2D eigenvalue weighted by molar-refractivity contribution is 0.102. The highest BCUT2D eigenvalue weighted by Crippen LogP contribution is 2.28. The van der Waals surface area contributed by atoms with Gasteiger partial charge in [0.05, 0.1) is 5.69 Å². The number of anilines is 2. The number of hydrogen-bond acceptors (Lipinski definition) is 6. The van der Waals surface area contributed by atoms with Crippen molar-refractivity contribution in [3.63, 3.8) is 0 Å². The van der Waals surface area contributed by atoms with Crippen LogP contribution in [0, 0.1) is 5.82 Å². The average molecular weight is 515 g/mol. The lowest BCUT2D eigenvalue weighted by Gasteiger charge is -2.16. The van der Waals surface area contributed by atoms with E-state index in [9.17, 15) is 18.8 Å². The molecule has 5 rings (SSSR count). The van der Waals surface area contributed by atoms with Crippen LogP contribution >= 0.6 is 0 Å². The van der Waals surface area contributed by atoms with Crippen molar-refractivity contribution in [1.29, 1.82) is 0 Å². The SMILES string of the molecule is O=C(Nc1ccc(Oc2ccnc(NC(=O)N3CCCC3)c2)c(F)c1)c1ccnn(-c2ccccc2)c1=O. The van der Waals surface area contributed by atoms with E-state index in [0.29, 0.717) is 18.8 Å². The molecule has 1 aliphatic heterocycles. The molecule has 3 amide bonds. The number of para-hydroxylation sites is 1. The van der Waals surface area contributed by atoms with Gasteiger partial charge in [-0.25, -0.2) is 14.2 Å². The maximum Gasteiger partial charge on any atom is 0.323 e. The predicted molar refractivity (Wildman–Crippen MR) is 138 cm³/mol. The molecule has 192 valence electrons. The summed E-state index contributed by atoms with van der Waals surface area (Å²) in [5, 5.41) is 9.27. The Labute approximate surface area is 216 Å². The number of ether oxygens (including phenoxy) is 1. The maximum absolute atomic E-state index is 14.8. The van der Waals surface area contributed by atoms with Crippen LogP contribution in [0.5, 0.6) is 11.5 Å². The first-order valence-corrected chi connectivity index (χ1v) is 11.9. The molecule has 0 bridgehead atoms. The monoisotopic (exact) mass is 514 g/mol. The van der Waals surface area contributed by atoms with Crippen molar-refractivity contribution >= 4 is 23.4 Å². The minimum atomic E-state index is -0.737. The lowest BCUT2D eigenvalue weighted by atomic mass is 10.2. The van der Waals surface area contributed by atoms with Gasteiger partial charge in [0.25, 0.3) is 11.5 Å². The zero-order valence-corrected chi connectivity index (χ0v) is 20.1. The van der Waals surface area contributed by atoms with Gasteiger partial charge in [0.15, 0.2) is 11.6 Å². The van der Waals surface area contributed by atoms with Crippen LogP contribution in [0.2, 0.25) is 0 Å². The number of benzene rings is 2. The second-order valence-electron chi connectivity index (χ2n) is 8.50. The number of rotatable bonds is 6. The normalized spacial score (nSPS) is 12.7. The molecule has 4 aromatic rings. The molecule has 0 spiro atoms. The Morgan fingerprint density at radius 2 is 1.71 bits per heavy atom. The van der Waals surface area contributed by atoms with E-state index in [1.807, 2.05) is 0 Å². The molecule has 10 nitrogen and oxygen atoms in total. The molecule has 38 heavy (non-hydrogen) atoms. The Hall–Kier alpha value is -5.06. The number of urea groups is 1. The first-order chi connectivity index (χ1) is 18.5. The van der Waals surface area contributed by atoms with Crippen LogP contribution in [-0.2, 0) is 0 Å². The van der Waals surface area contributed by atoms with Crippen molar-refractivity contribution in [1.82, 2.24) is 19.7 Å². The summed E-state index contributed by atoms with van der Waals surface area (Å²) in [6.07, 6.45) is 4.72. The fourth-order valence-corrected chi connectivity index (χ4v) is 3.98. The van der Waals surface area contributed by atoms with E-state index < -0.39 is 17.3 Å². The lowest BCUT2D eigenvalue weighted by Crippen LogP contribution is -2.32. The summed E-state index contributed by atoms with van der Waals surface area (Å²) in [4.78, 5) is 43.7. The fourth-order valence-electron chi connectivity index (χ4n) is 3.98. The molecule has 0 saturated carbocycles. The Bertz CT molecular complexity index is 1540. The second-order valence-corrected chi connectivity index (χ2v) is 8.50. The highest BCUT2D eigenvalue weighted by atomic mass is 19.1. The van der Waals surface area contributed by atoms with Crippen LogP contribution in [0.3, 0.4) is 0 Å². The third kappa shape index (κ3) is 5.51. The van der Waals surface area contributed by atoms with Crippen LogP contribution in [0.15, 0.2) is 83.9 Å². The van der Waals surface area contributed by atoms with E-state index in [1.54, 1.807) is 35.2 Å². The van der Waals surface area contributed by atoms with Gasteiger partial charge >= 0.3 is 6.03 Å². The highest BCUT2D eigenvalue weighted by molar-refractivity contribution is 6.04. The first-order valence-electron chi connectivity index (χ1n) is 11.9. The van der Waals surface area contributed by atoms with Crippen molar-refractivity contribution in [2.45, 2.75) is 12.8 Å². The van der Waals surface area contributed by atoms with E-state index in [4.69, 9.17) is 4.74 Å². The van der Waals surface area contributed by atoms with E-state index >= 15 is 0 Å². The molecule has 2 N–H and O–H groups in total. The summed E-state index contributed by atoms with van der Waals surface area (Å²) in [6.45, 7) is 1.39. The van der Waals surface area contributed by atoms with E-state index in [-0.39, 0.29) is 34.6 Å². The number of aromatic nitrogens is 3. The number of carbonyl (C=O) groups excluding carboxylic acids is 2. The van der Waals surface area contributed by atoms with Crippen LogP contribution in [0.1, 0.15) is 23.2 Å². The van der Waals surface area contributed by atoms with Gasteiger partial charge < -0.3 is 15.0 Å². The van der Waals surface area contributed by atoms with Crippen molar-refractivity contribution in [2.24, 2.45) is 0 Å². The van der Waals surface area contributed by atoms with Crippen molar-refractivity contribution in [3.05, 3.63) is 101 Å². The van der Waals surface area contributed by atoms with Crippen LogP contribution < -0.4 is 20.9 Å². The van der Waals surface area contributed by atoms with Gasteiger partial charge in [-0.3, -0.25) is 14.9 Å². The second kappa shape index (κ2) is 10.9. The number of pyridine rings is 1. The van der Waals surface area contributed by atoms with Gasteiger partial charge in [-0.05, 0) is 49.2 Å². The number of nitrogens with zero attached hydrogens (tertiary/aromatic N) is 4. The third-order valence-electron chi connectivity index (χ3n) is 5.87. The number of likely N-dealkylation sites (tertiary alicyclic amines) is 1. The summed E-state index contributed by atoms with van der Waals surface area (Å²) in [5.41, 5.74) is -0.114. The molecule has 0 atom stereocenters. The molecule has 2 aromatic heterocycles. The van der Waals surface area contributed by atoms with Gasteiger partial charge in [-0.2, -0.15) is 9.78 Å². The van der Waals surface area contributed by atoms with Gasteiger partial charge in [0.1, 0.15) is 17.1 Å². The Morgan fingerprint density at radius 1 is 0.921 bits per heavy atom. The minimum absolute atomic E-state index is 0.0960. The molecule has 0 unspecified atom stereocenters. The van der Waals surface area contributed by atoms with Gasteiger partial charge in [-0.15, -0.1) is 0 Å². The summed E-state index contributed by atoms with van der Waals surface area (Å²) in [5.74, 6) is -0.990. The fraction of sp³-hybridized carbons (Fsp3) is 0.148. The highest BCUT2D eigenvalue weighted by Gasteiger charge is 2.19. The van der Waals surface area contributed by atoms with Gasteiger partial charge in [0.2, 0.25) is 0 Å². The van der Waals surface area contributed by atoms with Crippen molar-refractivity contribution < 1.29 is 18.7 Å². The maximum atomic E-state index is 14.8. The molecule has 11 heteroatoms. The summed E-state index contributed by atoms with van der Waals surface area (Å²) in [7, 11) is 0. The summed E-state index contributed by atoms with van der Waals surface area (Å²) < 4.78 is 21.6. The summed E-state index contributed by atoms with van der Waals surface area (Å²) >= 11 is 0. The molecular formula is C27H23FN6O4. The predicted octanol–water partition coefficient (Wildman–Crippen LogP) is 4.44. The molecule has 1 saturated heterocycles. The smallest absolute Gasteiger partial charge is 0.323 e. The van der Waals surface area contributed by atoms with Gasteiger partial charge in [-0.1, -0.05) is 18.2 Å². The quantitative estimate of drug-likeness (QED) is 0.393. The number of nitrogens with one attached hydrogen (secondary N) is 2. The van der Waals surface area contributed by atoms with Crippen LogP contribution in [-0.4, -0.2) is 44.7 Å². The van der Waals surface area contributed by atoms with E-state index in [2.05, 4.69) is 20.7 Å². The molecule has 0 radical (unpaired) electrons. The number of halogens is 1. The Kier molecular flexibility index (Phi) is 7.07. The summed E-state index contributed by atoms with van der Waals surface area (Å²) in [6, 6.07) is 16.6. The Balaban J connectivity index is 1.27. The topological polar surface area (TPSA) is 118 Å². The molecule has 1 aliphatic rings. The standard InChI is InChI=1S/C27H23FN6O4/c28-22-16-18(31-25(35)21-11-13-30-34(26(21)36)19-6-2-1-3-7-19)8-9-23(22)38-20-10-12-29-24(17-20)32-27(37)33-14-4-5-15-33/h1-3,6-13,16-17H,4-5,14-15H2,(H,31,35)(H,29,32,37). The minimum Gasteiger partial charge on any atom is -0.454 e. The molecule has 1 fully saturated rings. The largest absolute Gasteiger partial charge is 0.454 e. The average Bonchev–Trinajstić information content (AvgIpc) is 3.47. The molecular weight excluding hydrogens is 491 g/mol. The van der Waals surface area contributed by atoms with E-state index in [0.717, 1.165) is 23.6 Å².